The Morgan fingerprint density at radius 2 is 1.86 bits per heavy atom. The normalized spacial score (nSPS) is 10.7. The molecule has 0 bridgehead atoms. The molecule has 0 saturated carbocycles. The molecule has 0 aliphatic heterocycles. The van der Waals surface area contributed by atoms with Crippen molar-refractivity contribution in [2.75, 3.05) is 37.8 Å². The third-order valence-electron chi connectivity index (χ3n) is 2.72. The molecule has 1 aromatic heterocycles. The lowest BCUT2D eigenvalue weighted by Crippen LogP contribution is -2.21. The van der Waals surface area contributed by atoms with Crippen LogP contribution in [0.3, 0.4) is 0 Å². The van der Waals surface area contributed by atoms with Crippen LogP contribution in [0, 0.1) is 11.6 Å². The second-order valence-electron chi connectivity index (χ2n) is 4.72. The summed E-state index contributed by atoms with van der Waals surface area (Å²) in [4.78, 5) is 10.1. The predicted molar refractivity (Wildman–Crippen MR) is 78.7 cm³/mol. The Morgan fingerprint density at radius 1 is 1.14 bits per heavy atom. The van der Waals surface area contributed by atoms with Crippen LogP contribution < -0.4 is 10.6 Å². The van der Waals surface area contributed by atoms with Crippen molar-refractivity contribution >= 4 is 17.5 Å². The van der Waals surface area contributed by atoms with E-state index in [1.165, 1.54) is 24.4 Å². The van der Waals surface area contributed by atoms with Crippen LogP contribution in [0.15, 0.2) is 30.5 Å². The summed E-state index contributed by atoms with van der Waals surface area (Å²) < 4.78 is 27.1. The fourth-order valence-corrected chi connectivity index (χ4v) is 1.65. The summed E-state index contributed by atoms with van der Waals surface area (Å²) in [5, 5.41) is 5.67. The summed E-state index contributed by atoms with van der Waals surface area (Å²) in [5.41, 5.74) is -0.261. The highest BCUT2D eigenvalue weighted by Crippen LogP contribution is 2.21. The highest BCUT2D eigenvalue weighted by atomic mass is 19.1. The first-order chi connectivity index (χ1) is 10.1. The fraction of sp³-hybridized carbons (Fsp3) is 0.286. The van der Waals surface area contributed by atoms with Crippen molar-refractivity contribution in [3.05, 3.63) is 42.1 Å². The monoisotopic (exact) mass is 293 g/mol. The van der Waals surface area contributed by atoms with E-state index in [2.05, 4.69) is 20.6 Å². The number of nitrogens with one attached hydrogen (secondary N) is 2. The van der Waals surface area contributed by atoms with Crippen LogP contribution in [0.1, 0.15) is 0 Å². The quantitative estimate of drug-likeness (QED) is 0.857. The fourth-order valence-electron chi connectivity index (χ4n) is 1.65. The molecule has 2 N–H and O–H groups in total. The van der Waals surface area contributed by atoms with Crippen LogP contribution in [0.4, 0.5) is 26.2 Å². The molecule has 2 rings (SSSR count). The van der Waals surface area contributed by atoms with Crippen LogP contribution in [0.5, 0.6) is 0 Å². The van der Waals surface area contributed by atoms with Gasteiger partial charge in [-0.1, -0.05) is 6.07 Å². The number of anilines is 3. The molecule has 0 radical (unpaired) electrons. The number of halogens is 2. The van der Waals surface area contributed by atoms with Gasteiger partial charge < -0.3 is 15.5 Å². The van der Waals surface area contributed by atoms with E-state index >= 15 is 0 Å². The summed E-state index contributed by atoms with van der Waals surface area (Å²) in [5.74, 6) is -0.658. The molecular weight excluding hydrogens is 276 g/mol. The van der Waals surface area contributed by atoms with Gasteiger partial charge in [-0.15, -0.1) is 0 Å². The molecule has 0 aliphatic carbocycles. The molecule has 1 aromatic carbocycles. The van der Waals surface area contributed by atoms with Gasteiger partial charge in [-0.3, -0.25) is 0 Å². The number of benzene rings is 1. The van der Waals surface area contributed by atoms with Gasteiger partial charge in [0.2, 0.25) is 5.95 Å². The molecule has 0 spiro atoms. The zero-order valence-corrected chi connectivity index (χ0v) is 11.9. The summed E-state index contributed by atoms with van der Waals surface area (Å²) in [6.45, 7) is 1.55. The van der Waals surface area contributed by atoms with Gasteiger partial charge in [0.15, 0.2) is 0 Å². The van der Waals surface area contributed by atoms with Gasteiger partial charge in [-0.2, -0.15) is 4.98 Å². The smallest absolute Gasteiger partial charge is 0.229 e. The molecule has 0 atom stereocenters. The van der Waals surface area contributed by atoms with E-state index < -0.39 is 11.6 Å². The topological polar surface area (TPSA) is 53.1 Å². The first-order valence-electron chi connectivity index (χ1n) is 6.49. The van der Waals surface area contributed by atoms with Crippen LogP contribution >= 0.6 is 0 Å². The molecule has 0 fully saturated rings. The minimum Gasteiger partial charge on any atom is -0.369 e. The van der Waals surface area contributed by atoms with Crippen molar-refractivity contribution in [2.24, 2.45) is 0 Å². The maximum absolute atomic E-state index is 13.5. The summed E-state index contributed by atoms with van der Waals surface area (Å²) >= 11 is 0. The summed E-state index contributed by atoms with van der Waals surface area (Å²) in [7, 11) is 3.94. The minimum absolute atomic E-state index is 0.133. The number of nitrogens with zero attached hydrogens (tertiary/aromatic N) is 3. The van der Waals surface area contributed by atoms with Crippen molar-refractivity contribution in [2.45, 2.75) is 0 Å². The second kappa shape index (κ2) is 6.94. The zero-order chi connectivity index (χ0) is 15.2. The van der Waals surface area contributed by atoms with Crippen molar-refractivity contribution < 1.29 is 8.78 Å². The van der Waals surface area contributed by atoms with E-state index in [1.807, 2.05) is 19.0 Å². The van der Waals surface area contributed by atoms with Crippen LogP contribution in [0.2, 0.25) is 0 Å². The molecular formula is C14H17F2N5. The van der Waals surface area contributed by atoms with Crippen molar-refractivity contribution in [1.82, 2.24) is 14.9 Å². The van der Waals surface area contributed by atoms with E-state index in [9.17, 15) is 8.78 Å². The Balaban J connectivity index is 2.07. The van der Waals surface area contributed by atoms with Gasteiger partial charge >= 0.3 is 0 Å². The van der Waals surface area contributed by atoms with Crippen LogP contribution in [-0.2, 0) is 0 Å². The average molecular weight is 293 g/mol. The minimum atomic E-state index is -0.690. The molecule has 7 heteroatoms. The maximum atomic E-state index is 13.5. The predicted octanol–water partition coefficient (Wildman–Crippen LogP) is 2.47. The average Bonchev–Trinajstić information content (AvgIpc) is 2.43. The standard InChI is InChI=1S/C14H17F2N5/c1-21(2)9-8-17-12-6-7-18-14(19-12)20-13-10(15)4-3-5-11(13)16/h3-7H,8-9H2,1-2H3,(H2,17,18,19,20). The van der Waals surface area contributed by atoms with Gasteiger partial charge in [0.25, 0.3) is 0 Å². The lowest BCUT2D eigenvalue weighted by molar-refractivity contribution is 0.425. The Hall–Kier alpha value is -2.28. The van der Waals surface area contributed by atoms with Crippen molar-refractivity contribution in [3.63, 3.8) is 0 Å². The summed E-state index contributed by atoms with van der Waals surface area (Å²) in [6, 6.07) is 5.34. The van der Waals surface area contributed by atoms with Crippen LogP contribution in [-0.4, -0.2) is 42.1 Å². The molecule has 112 valence electrons. The molecule has 0 unspecified atom stereocenters. The molecule has 0 amide bonds. The number of rotatable bonds is 6. The Labute approximate surface area is 122 Å². The number of para-hydroxylation sites is 1. The Bertz CT molecular complexity index is 583. The molecule has 0 saturated heterocycles. The number of hydrogen-bond donors (Lipinski definition) is 2. The van der Waals surface area contributed by atoms with Gasteiger partial charge in [-0.05, 0) is 32.3 Å². The van der Waals surface area contributed by atoms with Gasteiger partial charge in [-0.25, -0.2) is 13.8 Å². The third kappa shape index (κ3) is 4.35. The van der Waals surface area contributed by atoms with E-state index in [0.717, 1.165) is 6.54 Å². The Kier molecular flexibility index (Phi) is 4.99. The van der Waals surface area contributed by atoms with E-state index in [4.69, 9.17) is 0 Å². The van der Waals surface area contributed by atoms with E-state index in [0.29, 0.717) is 12.4 Å². The zero-order valence-electron chi connectivity index (χ0n) is 11.9. The SMILES string of the molecule is CN(C)CCNc1ccnc(Nc2c(F)cccc2F)n1. The third-order valence-corrected chi connectivity index (χ3v) is 2.72. The first-order valence-corrected chi connectivity index (χ1v) is 6.49. The Morgan fingerprint density at radius 3 is 2.52 bits per heavy atom. The lowest BCUT2D eigenvalue weighted by Gasteiger charge is -2.12. The van der Waals surface area contributed by atoms with Crippen LogP contribution in [0.25, 0.3) is 0 Å². The largest absolute Gasteiger partial charge is 0.369 e. The number of hydrogen-bond acceptors (Lipinski definition) is 5. The van der Waals surface area contributed by atoms with Crippen molar-refractivity contribution in [1.29, 1.82) is 0 Å². The molecule has 21 heavy (non-hydrogen) atoms. The number of aromatic nitrogens is 2. The molecule has 2 aromatic rings. The maximum Gasteiger partial charge on any atom is 0.229 e. The molecule has 5 nitrogen and oxygen atoms in total. The van der Waals surface area contributed by atoms with Gasteiger partial charge in [0.1, 0.15) is 23.1 Å². The molecule has 0 aliphatic rings. The van der Waals surface area contributed by atoms with Gasteiger partial charge in [0, 0.05) is 19.3 Å². The lowest BCUT2D eigenvalue weighted by atomic mass is 10.3. The van der Waals surface area contributed by atoms with Gasteiger partial charge in [0.05, 0.1) is 0 Å². The van der Waals surface area contributed by atoms with E-state index in [1.54, 1.807) is 6.07 Å². The highest BCUT2D eigenvalue weighted by molar-refractivity contribution is 5.56. The highest BCUT2D eigenvalue weighted by Gasteiger charge is 2.10. The molecule has 1 heterocycles. The van der Waals surface area contributed by atoms with E-state index in [-0.39, 0.29) is 11.6 Å². The number of likely N-dealkylation sites (N-methyl/N-ethyl adjacent to an activating group) is 1. The summed E-state index contributed by atoms with van der Waals surface area (Å²) in [6.07, 6.45) is 1.52. The van der Waals surface area contributed by atoms with Crippen molar-refractivity contribution in [3.8, 4) is 0 Å². The first kappa shape index (κ1) is 15.1. The second-order valence-corrected chi connectivity index (χ2v) is 4.72.